The molecule has 1 aliphatic rings. The third-order valence-corrected chi connectivity index (χ3v) is 5.43. The summed E-state index contributed by atoms with van der Waals surface area (Å²) in [7, 11) is 0. The molecule has 0 heterocycles. The number of hydrogen-bond donors (Lipinski definition) is 1. The molecule has 3 nitrogen and oxygen atoms in total. The van der Waals surface area contributed by atoms with E-state index in [9.17, 15) is 9.90 Å². The van der Waals surface area contributed by atoms with Crippen LogP contribution in [0.1, 0.15) is 54.9 Å². The van der Waals surface area contributed by atoms with Crippen molar-refractivity contribution in [2.24, 2.45) is 0 Å². The molecule has 1 aliphatic carbocycles. The summed E-state index contributed by atoms with van der Waals surface area (Å²) in [6.07, 6.45) is 3.44. The second kappa shape index (κ2) is 7.83. The highest BCUT2D eigenvalue weighted by Crippen LogP contribution is 2.44. The van der Waals surface area contributed by atoms with Crippen LogP contribution in [0.3, 0.4) is 0 Å². The Kier molecular flexibility index (Phi) is 5.54. The SMILES string of the molecule is CC[C@H](OC(=O)c1ccccc1)[C@]1(c2ccccc2)CCCC[C@@H]1O. The number of ether oxygens (including phenoxy) is 1. The smallest absolute Gasteiger partial charge is 0.338 e. The van der Waals surface area contributed by atoms with Gasteiger partial charge in [-0.25, -0.2) is 4.79 Å². The molecule has 0 amide bonds. The van der Waals surface area contributed by atoms with Gasteiger partial charge in [0.15, 0.2) is 0 Å². The Balaban J connectivity index is 1.95. The van der Waals surface area contributed by atoms with E-state index in [1.165, 1.54) is 0 Å². The molecule has 0 aromatic heterocycles. The second-order valence-corrected chi connectivity index (χ2v) is 6.84. The van der Waals surface area contributed by atoms with Gasteiger partial charge in [-0.1, -0.05) is 68.3 Å². The minimum atomic E-state index is -0.529. The van der Waals surface area contributed by atoms with Gasteiger partial charge in [0.05, 0.1) is 17.1 Å². The molecule has 2 aromatic carbocycles. The Hall–Kier alpha value is -2.13. The van der Waals surface area contributed by atoms with Crippen LogP contribution in [-0.2, 0) is 10.2 Å². The van der Waals surface area contributed by atoms with Gasteiger partial charge in [-0.05, 0) is 37.0 Å². The molecule has 0 saturated heterocycles. The highest BCUT2D eigenvalue weighted by molar-refractivity contribution is 5.89. The molecule has 2 aromatic rings. The summed E-state index contributed by atoms with van der Waals surface area (Å²) in [6.45, 7) is 2.02. The molecule has 25 heavy (non-hydrogen) atoms. The third kappa shape index (κ3) is 3.47. The molecule has 1 N–H and O–H groups in total. The average molecular weight is 338 g/mol. The van der Waals surface area contributed by atoms with E-state index in [0.717, 1.165) is 31.2 Å². The van der Waals surface area contributed by atoms with Crippen LogP contribution >= 0.6 is 0 Å². The van der Waals surface area contributed by atoms with Crippen molar-refractivity contribution in [3.05, 3.63) is 71.8 Å². The largest absolute Gasteiger partial charge is 0.458 e. The summed E-state index contributed by atoms with van der Waals surface area (Å²) in [4.78, 5) is 12.6. The first-order valence-corrected chi connectivity index (χ1v) is 9.18. The van der Waals surface area contributed by atoms with E-state index in [1.54, 1.807) is 12.1 Å². The Morgan fingerprint density at radius 3 is 2.36 bits per heavy atom. The third-order valence-electron chi connectivity index (χ3n) is 5.43. The number of esters is 1. The van der Waals surface area contributed by atoms with E-state index in [-0.39, 0.29) is 12.1 Å². The van der Waals surface area contributed by atoms with Gasteiger partial charge in [-0.3, -0.25) is 0 Å². The van der Waals surface area contributed by atoms with Gasteiger partial charge in [-0.15, -0.1) is 0 Å². The second-order valence-electron chi connectivity index (χ2n) is 6.84. The quantitative estimate of drug-likeness (QED) is 0.817. The van der Waals surface area contributed by atoms with E-state index >= 15 is 0 Å². The zero-order valence-electron chi connectivity index (χ0n) is 14.7. The highest BCUT2D eigenvalue weighted by Gasteiger charge is 2.48. The van der Waals surface area contributed by atoms with Gasteiger partial charge in [0.25, 0.3) is 0 Å². The van der Waals surface area contributed by atoms with Crippen LogP contribution in [0.4, 0.5) is 0 Å². The van der Waals surface area contributed by atoms with Crippen LogP contribution in [0.15, 0.2) is 60.7 Å². The van der Waals surface area contributed by atoms with Crippen LogP contribution in [0.25, 0.3) is 0 Å². The molecule has 3 rings (SSSR count). The summed E-state index contributed by atoms with van der Waals surface area (Å²) in [5.74, 6) is -0.319. The van der Waals surface area contributed by atoms with Crippen molar-refractivity contribution in [1.29, 1.82) is 0 Å². The maximum atomic E-state index is 12.6. The van der Waals surface area contributed by atoms with Gasteiger partial charge in [-0.2, -0.15) is 0 Å². The average Bonchev–Trinajstić information content (AvgIpc) is 2.68. The Morgan fingerprint density at radius 2 is 1.76 bits per heavy atom. The monoisotopic (exact) mass is 338 g/mol. The number of benzene rings is 2. The maximum absolute atomic E-state index is 12.6. The molecule has 3 heteroatoms. The Morgan fingerprint density at radius 1 is 1.12 bits per heavy atom. The lowest BCUT2D eigenvalue weighted by Gasteiger charge is -2.46. The van der Waals surface area contributed by atoms with Crippen molar-refractivity contribution in [3.8, 4) is 0 Å². The van der Waals surface area contributed by atoms with Crippen molar-refractivity contribution in [2.45, 2.75) is 56.7 Å². The number of carbonyl (C=O) groups excluding carboxylic acids is 1. The Labute approximate surface area is 149 Å². The normalized spacial score (nSPS) is 24.5. The maximum Gasteiger partial charge on any atom is 0.338 e. The highest BCUT2D eigenvalue weighted by atomic mass is 16.5. The number of aliphatic hydroxyl groups is 1. The fraction of sp³-hybridized carbons (Fsp3) is 0.409. The van der Waals surface area contributed by atoms with E-state index in [2.05, 4.69) is 0 Å². The van der Waals surface area contributed by atoms with Crippen LogP contribution in [-0.4, -0.2) is 23.3 Å². The van der Waals surface area contributed by atoms with Gasteiger partial charge >= 0.3 is 5.97 Å². The number of aliphatic hydroxyl groups excluding tert-OH is 1. The zero-order chi connectivity index (χ0) is 17.7. The fourth-order valence-corrected chi connectivity index (χ4v) is 4.15. The molecule has 1 saturated carbocycles. The predicted molar refractivity (Wildman–Crippen MR) is 98.5 cm³/mol. The lowest BCUT2D eigenvalue weighted by atomic mass is 9.63. The molecule has 3 atom stereocenters. The molecule has 132 valence electrons. The molecule has 0 unspecified atom stereocenters. The minimum absolute atomic E-state index is 0.319. The van der Waals surface area contributed by atoms with Gasteiger partial charge in [0, 0.05) is 0 Å². The molecule has 0 bridgehead atoms. The summed E-state index contributed by atoms with van der Waals surface area (Å²) in [5, 5.41) is 11.0. The molecular formula is C22H26O3. The first-order valence-electron chi connectivity index (χ1n) is 9.18. The topological polar surface area (TPSA) is 46.5 Å². The van der Waals surface area contributed by atoms with Crippen LogP contribution < -0.4 is 0 Å². The molecule has 0 radical (unpaired) electrons. The molecule has 0 spiro atoms. The van der Waals surface area contributed by atoms with E-state index in [0.29, 0.717) is 12.0 Å². The number of rotatable bonds is 5. The predicted octanol–water partition coefficient (Wildman–Crippen LogP) is 4.49. The zero-order valence-corrected chi connectivity index (χ0v) is 14.7. The van der Waals surface area contributed by atoms with Crippen molar-refractivity contribution < 1.29 is 14.6 Å². The van der Waals surface area contributed by atoms with E-state index in [4.69, 9.17) is 4.74 Å². The van der Waals surface area contributed by atoms with Crippen molar-refractivity contribution in [3.63, 3.8) is 0 Å². The Bertz CT molecular complexity index is 683. The van der Waals surface area contributed by atoms with Crippen molar-refractivity contribution in [1.82, 2.24) is 0 Å². The summed E-state index contributed by atoms with van der Waals surface area (Å²) < 4.78 is 5.95. The lowest BCUT2D eigenvalue weighted by Crippen LogP contribution is -2.52. The fourth-order valence-electron chi connectivity index (χ4n) is 4.15. The van der Waals surface area contributed by atoms with E-state index in [1.807, 2.05) is 55.5 Å². The van der Waals surface area contributed by atoms with Crippen LogP contribution in [0.5, 0.6) is 0 Å². The minimum Gasteiger partial charge on any atom is -0.458 e. The molecular weight excluding hydrogens is 312 g/mol. The van der Waals surface area contributed by atoms with Gasteiger partial charge in [0.1, 0.15) is 6.10 Å². The summed E-state index contributed by atoms with van der Waals surface area (Å²) in [5.41, 5.74) is 1.09. The first kappa shape index (κ1) is 17.7. The number of carbonyl (C=O) groups is 1. The summed E-state index contributed by atoms with van der Waals surface area (Å²) in [6, 6.07) is 19.1. The standard InChI is InChI=1S/C22H26O3/c1-2-20(25-21(24)17-11-5-3-6-12-17)22(16-10-9-15-19(22)23)18-13-7-4-8-14-18/h3-8,11-14,19-20,23H,2,9-10,15-16H2,1H3/t19-,20-,22-/m0/s1. The van der Waals surface area contributed by atoms with Crippen LogP contribution in [0.2, 0.25) is 0 Å². The van der Waals surface area contributed by atoms with Crippen molar-refractivity contribution in [2.75, 3.05) is 0 Å². The van der Waals surface area contributed by atoms with Crippen LogP contribution in [0, 0.1) is 0 Å². The molecule has 1 fully saturated rings. The van der Waals surface area contributed by atoms with Crippen molar-refractivity contribution >= 4 is 5.97 Å². The van der Waals surface area contributed by atoms with Gasteiger partial charge < -0.3 is 9.84 Å². The molecule has 0 aliphatic heterocycles. The first-order chi connectivity index (χ1) is 12.2. The van der Waals surface area contributed by atoms with E-state index < -0.39 is 11.5 Å². The van der Waals surface area contributed by atoms with Gasteiger partial charge in [0.2, 0.25) is 0 Å². The lowest BCUT2D eigenvalue weighted by molar-refractivity contribution is -0.0574. The summed E-state index contributed by atoms with van der Waals surface area (Å²) >= 11 is 0. The number of hydrogen-bond acceptors (Lipinski definition) is 3.